The van der Waals surface area contributed by atoms with Gasteiger partial charge in [-0.3, -0.25) is 18.8 Å². The Hall–Kier alpha value is -2.17. The van der Waals surface area contributed by atoms with Crippen molar-refractivity contribution in [2.24, 2.45) is 0 Å². The van der Waals surface area contributed by atoms with Gasteiger partial charge in [0.2, 0.25) is 7.49 Å². The van der Waals surface area contributed by atoms with Crippen molar-refractivity contribution in [1.82, 2.24) is 0 Å². The number of halogens is 4. The molecule has 0 atom stereocenters. The van der Waals surface area contributed by atoms with E-state index >= 15 is 0 Å². The normalized spacial score (nSPS) is 9.00. The van der Waals surface area contributed by atoms with Crippen LogP contribution in [0, 0.1) is 0 Å². The SMILES string of the molecule is F.F.F.F.O[P+](c1ccccc1)(c1ccccc1)c1ccccc1.[B]. The molecule has 0 bridgehead atoms. The van der Waals surface area contributed by atoms with Gasteiger partial charge in [0.05, 0.1) is 0 Å². The molecule has 3 aromatic rings. The molecule has 7 heteroatoms. The van der Waals surface area contributed by atoms with Crippen molar-refractivity contribution in [2.45, 2.75) is 0 Å². The van der Waals surface area contributed by atoms with Crippen LogP contribution in [-0.4, -0.2) is 13.3 Å². The summed E-state index contributed by atoms with van der Waals surface area (Å²) in [6, 6.07) is 29.8. The smallest absolute Gasteiger partial charge is 0.238 e. The van der Waals surface area contributed by atoms with Gasteiger partial charge in [-0.2, -0.15) is 0 Å². The predicted molar refractivity (Wildman–Crippen MR) is 103 cm³/mol. The Morgan fingerprint density at radius 1 is 0.440 bits per heavy atom. The highest BCUT2D eigenvalue weighted by Crippen LogP contribution is 2.50. The fourth-order valence-corrected chi connectivity index (χ4v) is 5.08. The highest BCUT2D eigenvalue weighted by molar-refractivity contribution is 7.91. The van der Waals surface area contributed by atoms with E-state index in [1.807, 2.05) is 91.0 Å². The molecule has 3 rings (SSSR count). The van der Waals surface area contributed by atoms with Crippen molar-refractivity contribution in [3.8, 4) is 0 Å². The van der Waals surface area contributed by atoms with Gasteiger partial charge in [0.15, 0.2) is 0 Å². The molecular weight excluding hydrogens is 350 g/mol. The summed E-state index contributed by atoms with van der Waals surface area (Å²) in [6.07, 6.45) is 0. The maximum atomic E-state index is 11.5. The minimum atomic E-state index is -2.53. The Labute approximate surface area is 147 Å². The van der Waals surface area contributed by atoms with Crippen LogP contribution in [0.15, 0.2) is 91.0 Å². The second kappa shape index (κ2) is 12.2. The van der Waals surface area contributed by atoms with Crippen LogP contribution < -0.4 is 15.9 Å². The van der Waals surface area contributed by atoms with E-state index in [0.717, 1.165) is 15.9 Å². The number of benzene rings is 3. The molecule has 0 saturated heterocycles. The van der Waals surface area contributed by atoms with Gasteiger partial charge in [-0.1, -0.05) is 54.6 Å². The Bertz CT molecular complexity index is 591. The standard InChI is InChI=1S/C18H16OP.B.4FH/c19-20(16-10-4-1-5-11-16,17-12-6-2-7-13-17)18-14-8-3-9-15-18;;;;;/h1-15,19H;;4*1H/q+1;;;;;. The Morgan fingerprint density at radius 3 is 0.840 bits per heavy atom. The second-order valence-corrected chi connectivity index (χ2v) is 7.46. The van der Waals surface area contributed by atoms with E-state index in [2.05, 4.69) is 0 Å². The molecule has 3 radical (unpaired) electrons. The molecular formula is C18H20BF4OP+. The third-order valence-corrected chi connectivity index (χ3v) is 6.53. The molecule has 0 amide bonds. The first-order chi connectivity index (χ1) is 9.82. The first kappa shape index (κ1) is 27.7. The summed E-state index contributed by atoms with van der Waals surface area (Å²) >= 11 is 0. The average Bonchev–Trinajstić information content (AvgIpc) is 2.56. The van der Waals surface area contributed by atoms with Gasteiger partial charge < -0.3 is 0 Å². The highest BCUT2D eigenvalue weighted by Gasteiger charge is 2.43. The van der Waals surface area contributed by atoms with Crippen LogP contribution in [-0.2, 0) is 0 Å². The molecule has 1 nitrogen and oxygen atoms in total. The van der Waals surface area contributed by atoms with E-state index in [1.165, 1.54) is 0 Å². The van der Waals surface area contributed by atoms with Crippen molar-refractivity contribution in [3.05, 3.63) is 91.0 Å². The molecule has 133 valence electrons. The fourth-order valence-electron chi connectivity index (χ4n) is 2.38. The molecule has 0 unspecified atom stereocenters. The van der Waals surface area contributed by atoms with E-state index in [4.69, 9.17) is 0 Å². The highest BCUT2D eigenvalue weighted by atomic mass is 31.2. The van der Waals surface area contributed by atoms with Gasteiger partial charge in [-0.15, -0.1) is 0 Å². The lowest BCUT2D eigenvalue weighted by molar-refractivity contribution is 0.633. The van der Waals surface area contributed by atoms with Crippen LogP contribution in [0.2, 0.25) is 0 Å². The fraction of sp³-hybridized carbons (Fsp3) is 0. The molecule has 0 spiro atoms. The molecule has 0 saturated carbocycles. The third-order valence-electron chi connectivity index (χ3n) is 3.39. The molecule has 3 aromatic carbocycles. The molecule has 0 aromatic heterocycles. The summed E-state index contributed by atoms with van der Waals surface area (Å²) in [5, 5.41) is 2.95. The van der Waals surface area contributed by atoms with E-state index in [1.54, 1.807) is 0 Å². The zero-order valence-corrected chi connectivity index (χ0v) is 14.2. The van der Waals surface area contributed by atoms with Crippen molar-refractivity contribution in [1.29, 1.82) is 0 Å². The second-order valence-electron chi connectivity index (χ2n) is 4.64. The van der Waals surface area contributed by atoms with Gasteiger partial charge in [0.1, 0.15) is 15.9 Å². The van der Waals surface area contributed by atoms with E-state index < -0.39 is 7.49 Å². The van der Waals surface area contributed by atoms with E-state index in [0.29, 0.717) is 0 Å². The number of hydrogen-bond acceptors (Lipinski definition) is 1. The molecule has 25 heavy (non-hydrogen) atoms. The zero-order valence-electron chi connectivity index (χ0n) is 13.3. The molecule has 0 aliphatic heterocycles. The third kappa shape index (κ3) is 5.41. The molecule has 0 aliphatic rings. The first-order valence-corrected chi connectivity index (χ1v) is 8.34. The van der Waals surface area contributed by atoms with Crippen molar-refractivity contribution < 1.29 is 23.7 Å². The number of hydrogen-bond donors (Lipinski definition) is 1. The number of rotatable bonds is 3. The topological polar surface area (TPSA) is 20.2 Å². The lowest BCUT2D eigenvalue weighted by Gasteiger charge is -2.19. The zero-order chi connectivity index (χ0) is 13.8. The van der Waals surface area contributed by atoms with Crippen molar-refractivity contribution in [3.63, 3.8) is 0 Å². The van der Waals surface area contributed by atoms with Crippen molar-refractivity contribution >= 4 is 31.8 Å². The van der Waals surface area contributed by atoms with E-state index in [9.17, 15) is 4.89 Å². The summed E-state index contributed by atoms with van der Waals surface area (Å²) < 4.78 is 0. The molecule has 0 aliphatic carbocycles. The van der Waals surface area contributed by atoms with Crippen molar-refractivity contribution in [2.75, 3.05) is 0 Å². The monoisotopic (exact) mass is 370 g/mol. The van der Waals surface area contributed by atoms with Gasteiger partial charge in [-0.05, 0) is 36.4 Å². The van der Waals surface area contributed by atoms with Gasteiger partial charge in [0, 0.05) is 8.41 Å². The summed E-state index contributed by atoms with van der Waals surface area (Å²) in [4.78, 5) is 11.5. The summed E-state index contributed by atoms with van der Waals surface area (Å²) in [6.45, 7) is 0. The maximum Gasteiger partial charge on any atom is 0.238 e. The van der Waals surface area contributed by atoms with Crippen LogP contribution in [0.5, 0.6) is 0 Å². The minimum absolute atomic E-state index is 0. The maximum absolute atomic E-state index is 11.5. The Balaban J connectivity index is -0.000000968. The van der Waals surface area contributed by atoms with Crippen LogP contribution in [0.1, 0.15) is 0 Å². The largest absolute Gasteiger partial charge is 0.269 e. The molecule has 1 N–H and O–H groups in total. The Kier molecular flexibility index (Phi) is 13.5. The lowest BCUT2D eigenvalue weighted by atomic mass is 10.4. The predicted octanol–water partition coefficient (Wildman–Crippen LogP) is 3.12. The average molecular weight is 370 g/mol. The lowest BCUT2D eigenvalue weighted by Crippen LogP contribution is -2.30. The minimum Gasteiger partial charge on any atom is -0.269 e. The quantitative estimate of drug-likeness (QED) is 0.427. The van der Waals surface area contributed by atoms with Gasteiger partial charge >= 0.3 is 0 Å². The summed E-state index contributed by atoms with van der Waals surface area (Å²) in [5.74, 6) is 0. The molecule has 0 fully saturated rings. The van der Waals surface area contributed by atoms with Crippen LogP contribution in [0.3, 0.4) is 0 Å². The van der Waals surface area contributed by atoms with Crippen LogP contribution in [0.4, 0.5) is 18.8 Å². The van der Waals surface area contributed by atoms with Crippen LogP contribution >= 0.6 is 7.49 Å². The molecule has 0 heterocycles. The summed E-state index contributed by atoms with van der Waals surface area (Å²) in [7, 11) is -2.53. The van der Waals surface area contributed by atoms with Gasteiger partial charge in [0.25, 0.3) is 0 Å². The van der Waals surface area contributed by atoms with E-state index in [-0.39, 0.29) is 27.2 Å². The van der Waals surface area contributed by atoms with Gasteiger partial charge in [-0.25, -0.2) is 4.89 Å². The van der Waals surface area contributed by atoms with Crippen LogP contribution in [0.25, 0.3) is 0 Å². The Morgan fingerprint density at radius 2 is 0.640 bits per heavy atom. The first-order valence-electron chi connectivity index (χ1n) is 6.60. The summed E-state index contributed by atoms with van der Waals surface area (Å²) in [5.41, 5.74) is 0.